The predicted molar refractivity (Wildman–Crippen MR) is 83.6 cm³/mol. The molecule has 0 spiro atoms. The monoisotopic (exact) mass is 306 g/mol. The number of sulfonamides is 1. The molecule has 1 N–H and O–H groups in total. The van der Waals surface area contributed by atoms with E-state index in [4.69, 9.17) is 0 Å². The molecule has 3 rings (SSSR count). The average Bonchev–Trinajstić information content (AvgIpc) is 2.89. The van der Waals surface area contributed by atoms with Crippen LogP contribution in [0.1, 0.15) is 44.1 Å². The summed E-state index contributed by atoms with van der Waals surface area (Å²) < 4.78 is 24.5. The molecule has 2 aliphatic carbocycles. The van der Waals surface area contributed by atoms with Gasteiger partial charge >= 0.3 is 0 Å². The van der Waals surface area contributed by atoms with Crippen molar-refractivity contribution in [2.75, 3.05) is 0 Å². The first-order valence-corrected chi connectivity index (χ1v) is 9.19. The van der Waals surface area contributed by atoms with Gasteiger partial charge in [-0.2, -0.15) is 13.5 Å². The molecule has 1 aromatic rings. The second kappa shape index (κ2) is 5.79. The molecule has 2 atom stereocenters. The lowest BCUT2D eigenvalue weighted by Crippen LogP contribution is -2.24. The summed E-state index contributed by atoms with van der Waals surface area (Å²) in [5, 5.41) is 4.26. The van der Waals surface area contributed by atoms with Crippen molar-refractivity contribution in [3.8, 4) is 0 Å². The standard InChI is InChI=1S/C16H22N2O2S/c1-12-6-9-14(10-7-12)21(19,20)18-17-16-11-8-13-4-2-3-5-15(13)16/h6-7,9-10,13,15,18H,2-5,8,11H2,1H3/b17-16-/t13-,15+/m1/s1. The van der Waals surface area contributed by atoms with Crippen molar-refractivity contribution in [2.45, 2.75) is 50.3 Å². The Kier molecular flexibility index (Phi) is 4.02. The van der Waals surface area contributed by atoms with Gasteiger partial charge in [0.2, 0.25) is 0 Å². The first-order valence-electron chi connectivity index (χ1n) is 7.71. The van der Waals surface area contributed by atoms with Gasteiger partial charge in [-0.05, 0) is 50.7 Å². The Hall–Kier alpha value is -1.36. The molecule has 0 radical (unpaired) electrons. The average molecular weight is 306 g/mol. The van der Waals surface area contributed by atoms with Crippen LogP contribution in [-0.2, 0) is 10.0 Å². The normalized spacial score (nSPS) is 27.6. The van der Waals surface area contributed by atoms with Gasteiger partial charge in [-0.25, -0.2) is 4.83 Å². The van der Waals surface area contributed by atoms with Gasteiger partial charge in [-0.15, -0.1) is 0 Å². The number of benzene rings is 1. The van der Waals surface area contributed by atoms with E-state index in [0.29, 0.717) is 5.92 Å². The molecular formula is C16H22N2O2S. The molecule has 0 amide bonds. The molecular weight excluding hydrogens is 284 g/mol. The number of nitrogens with one attached hydrogen (secondary N) is 1. The number of hydrogen-bond donors (Lipinski definition) is 1. The molecule has 0 bridgehead atoms. The number of hydrogen-bond acceptors (Lipinski definition) is 3. The lowest BCUT2D eigenvalue weighted by molar-refractivity contribution is 0.317. The number of hydrazone groups is 1. The highest BCUT2D eigenvalue weighted by Crippen LogP contribution is 2.40. The molecule has 4 nitrogen and oxygen atoms in total. The smallest absolute Gasteiger partial charge is 0.200 e. The summed E-state index contributed by atoms with van der Waals surface area (Å²) in [5.41, 5.74) is 2.09. The Bertz CT molecular complexity index is 635. The molecule has 0 aliphatic heterocycles. The molecule has 2 fully saturated rings. The van der Waals surface area contributed by atoms with Crippen molar-refractivity contribution >= 4 is 15.7 Å². The van der Waals surface area contributed by atoms with E-state index in [9.17, 15) is 8.42 Å². The summed E-state index contributed by atoms with van der Waals surface area (Å²) >= 11 is 0. The Morgan fingerprint density at radius 2 is 1.81 bits per heavy atom. The van der Waals surface area contributed by atoms with Crippen LogP contribution >= 0.6 is 0 Å². The van der Waals surface area contributed by atoms with Crippen LogP contribution in [0.5, 0.6) is 0 Å². The second-order valence-electron chi connectivity index (χ2n) is 6.20. The maximum absolute atomic E-state index is 12.2. The molecule has 114 valence electrons. The van der Waals surface area contributed by atoms with Crippen LogP contribution < -0.4 is 4.83 Å². The largest absolute Gasteiger partial charge is 0.276 e. The van der Waals surface area contributed by atoms with E-state index < -0.39 is 10.0 Å². The summed E-state index contributed by atoms with van der Waals surface area (Å²) in [4.78, 5) is 2.70. The second-order valence-corrected chi connectivity index (χ2v) is 7.86. The van der Waals surface area contributed by atoms with E-state index >= 15 is 0 Å². The van der Waals surface area contributed by atoms with Crippen LogP contribution in [0.2, 0.25) is 0 Å². The predicted octanol–water partition coefficient (Wildman–Crippen LogP) is 3.23. The molecule has 0 aromatic heterocycles. The molecule has 0 saturated heterocycles. The lowest BCUT2D eigenvalue weighted by atomic mass is 9.81. The fourth-order valence-corrected chi connectivity index (χ4v) is 4.38. The van der Waals surface area contributed by atoms with Crippen LogP contribution in [-0.4, -0.2) is 14.1 Å². The molecule has 2 aliphatic rings. The van der Waals surface area contributed by atoms with Crippen molar-refractivity contribution in [3.63, 3.8) is 0 Å². The van der Waals surface area contributed by atoms with Gasteiger partial charge in [0.25, 0.3) is 10.0 Å². The summed E-state index contributed by atoms with van der Waals surface area (Å²) in [7, 11) is -3.54. The van der Waals surface area contributed by atoms with Crippen LogP contribution in [0.4, 0.5) is 0 Å². The molecule has 1 aromatic carbocycles. The minimum Gasteiger partial charge on any atom is -0.200 e. The summed E-state index contributed by atoms with van der Waals surface area (Å²) in [6.45, 7) is 1.94. The Labute approximate surface area is 126 Å². The maximum atomic E-state index is 12.2. The van der Waals surface area contributed by atoms with Crippen molar-refractivity contribution in [1.82, 2.24) is 4.83 Å². The van der Waals surface area contributed by atoms with E-state index in [1.165, 1.54) is 19.3 Å². The minimum absolute atomic E-state index is 0.274. The Balaban J connectivity index is 1.74. The molecule has 21 heavy (non-hydrogen) atoms. The van der Waals surface area contributed by atoms with E-state index in [-0.39, 0.29) is 4.90 Å². The third-order valence-corrected chi connectivity index (χ3v) is 5.97. The number of aryl methyl sites for hydroxylation is 1. The molecule has 0 heterocycles. The fraction of sp³-hybridized carbons (Fsp3) is 0.562. The maximum Gasteiger partial charge on any atom is 0.276 e. The SMILES string of the molecule is Cc1ccc(S(=O)(=O)N/N=C2/CC[C@H]3CCCC[C@H]23)cc1. The highest BCUT2D eigenvalue weighted by atomic mass is 32.2. The molecule has 5 heteroatoms. The fourth-order valence-electron chi connectivity index (χ4n) is 3.54. The van der Waals surface area contributed by atoms with Crippen LogP contribution in [0, 0.1) is 18.8 Å². The highest BCUT2D eigenvalue weighted by Gasteiger charge is 2.34. The quantitative estimate of drug-likeness (QED) is 0.872. The van der Waals surface area contributed by atoms with Gasteiger partial charge in [0.1, 0.15) is 0 Å². The highest BCUT2D eigenvalue weighted by molar-refractivity contribution is 7.89. The summed E-state index contributed by atoms with van der Waals surface area (Å²) in [6.07, 6.45) is 7.08. The topological polar surface area (TPSA) is 58.5 Å². The van der Waals surface area contributed by atoms with E-state index in [1.54, 1.807) is 24.3 Å². The number of nitrogens with zero attached hydrogens (tertiary/aromatic N) is 1. The van der Waals surface area contributed by atoms with Gasteiger partial charge in [0.15, 0.2) is 0 Å². The van der Waals surface area contributed by atoms with Crippen LogP contribution in [0.3, 0.4) is 0 Å². The zero-order chi connectivity index (χ0) is 14.9. The zero-order valence-corrected chi connectivity index (χ0v) is 13.2. The van der Waals surface area contributed by atoms with Gasteiger partial charge in [-0.1, -0.05) is 30.5 Å². The Morgan fingerprint density at radius 1 is 1.10 bits per heavy atom. The third-order valence-electron chi connectivity index (χ3n) is 4.75. The lowest BCUT2D eigenvalue weighted by Gasteiger charge is -2.24. The summed E-state index contributed by atoms with van der Waals surface area (Å²) in [5.74, 6) is 1.22. The van der Waals surface area contributed by atoms with Gasteiger partial charge in [-0.3, -0.25) is 0 Å². The van der Waals surface area contributed by atoms with Crippen LogP contribution in [0.15, 0.2) is 34.3 Å². The molecule has 0 unspecified atom stereocenters. The number of fused-ring (bicyclic) bond motifs is 1. The van der Waals surface area contributed by atoms with E-state index in [2.05, 4.69) is 9.93 Å². The number of rotatable bonds is 3. The van der Waals surface area contributed by atoms with E-state index in [1.807, 2.05) is 6.92 Å². The zero-order valence-electron chi connectivity index (χ0n) is 12.4. The van der Waals surface area contributed by atoms with Crippen molar-refractivity contribution in [2.24, 2.45) is 16.9 Å². The van der Waals surface area contributed by atoms with Gasteiger partial charge < -0.3 is 0 Å². The summed E-state index contributed by atoms with van der Waals surface area (Å²) in [6, 6.07) is 6.84. The van der Waals surface area contributed by atoms with Gasteiger partial charge in [0.05, 0.1) is 4.90 Å². The van der Waals surface area contributed by atoms with E-state index in [0.717, 1.165) is 36.5 Å². The van der Waals surface area contributed by atoms with Gasteiger partial charge in [0, 0.05) is 11.6 Å². The third kappa shape index (κ3) is 3.12. The Morgan fingerprint density at radius 3 is 2.57 bits per heavy atom. The minimum atomic E-state index is -3.54. The van der Waals surface area contributed by atoms with Crippen molar-refractivity contribution in [1.29, 1.82) is 0 Å². The van der Waals surface area contributed by atoms with Crippen LogP contribution in [0.25, 0.3) is 0 Å². The first kappa shape index (κ1) is 14.6. The van der Waals surface area contributed by atoms with Crippen molar-refractivity contribution in [3.05, 3.63) is 29.8 Å². The first-order chi connectivity index (χ1) is 10.1. The molecule has 2 saturated carbocycles. The van der Waals surface area contributed by atoms with Crippen molar-refractivity contribution < 1.29 is 8.42 Å².